The number of fused-ring (bicyclic) bond motifs is 1. The van der Waals surface area contributed by atoms with E-state index in [2.05, 4.69) is 5.10 Å². The quantitative estimate of drug-likeness (QED) is 0.911. The monoisotopic (exact) mass is 273 g/mol. The maximum Gasteiger partial charge on any atom is 0.129 e. The number of aromatic nitrogens is 2. The van der Waals surface area contributed by atoms with Gasteiger partial charge >= 0.3 is 0 Å². The fourth-order valence-corrected chi connectivity index (χ4v) is 2.73. The smallest absolute Gasteiger partial charge is 0.129 e. The fourth-order valence-electron chi connectivity index (χ4n) is 2.73. The zero-order valence-corrected chi connectivity index (χ0v) is 12.0. The molecule has 0 aliphatic carbocycles. The van der Waals surface area contributed by atoms with E-state index < -0.39 is 0 Å². The molecule has 1 aromatic heterocycles. The first-order chi connectivity index (χ1) is 9.58. The van der Waals surface area contributed by atoms with Crippen molar-refractivity contribution in [2.75, 3.05) is 7.11 Å². The van der Waals surface area contributed by atoms with E-state index in [1.807, 2.05) is 38.4 Å². The summed E-state index contributed by atoms with van der Waals surface area (Å²) in [7, 11) is 3.56. The van der Waals surface area contributed by atoms with Crippen LogP contribution in [0.1, 0.15) is 35.4 Å². The Kier molecular flexibility index (Phi) is 3.14. The van der Waals surface area contributed by atoms with Crippen molar-refractivity contribution >= 4 is 0 Å². The SMILES string of the molecule is COc1ccc2c(c1)OC(c1cn(C)nc1C)C[C@H]2N. The first kappa shape index (κ1) is 13.0. The van der Waals surface area contributed by atoms with Gasteiger partial charge in [-0.05, 0) is 13.0 Å². The average Bonchev–Trinajstić information content (AvgIpc) is 2.77. The van der Waals surface area contributed by atoms with Crippen molar-refractivity contribution in [1.82, 2.24) is 9.78 Å². The molecular formula is C15H19N3O2. The Morgan fingerprint density at radius 3 is 2.85 bits per heavy atom. The summed E-state index contributed by atoms with van der Waals surface area (Å²) in [6, 6.07) is 5.75. The van der Waals surface area contributed by atoms with E-state index in [9.17, 15) is 0 Å². The first-order valence-electron chi connectivity index (χ1n) is 6.69. The Balaban J connectivity index is 1.96. The third-order valence-electron chi connectivity index (χ3n) is 3.76. The van der Waals surface area contributed by atoms with Crippen molar-refractivity contribution in [3.05, 3.63) is 41.2 Å². The van der Waals surface area contributed by atoms with E-state index in [1.165, 1.54) is 0 Å². The highest BCUT2D eigenvalue weighted by Crippen LogP contribution is 2.41. The average molecular weight is 273 g/mol. The molecular weight excluding hydrogens is 254 g/mol. The molecule has 2 atom stereocenters. The zero-order valence-electron chi connectivity index (χ0n) is 12.0. The van der Waals surface area contributed by atoms with Gasteiger partial charge in [-0.3, -0.25) is 4.68 Å². The fraction of sp³-hybridized carbons (Fsp3) is 0.400. The third-order valence-corrected chi connectivity index (χ3v) is 3.76. The second-order valence-electron chi connectivity index (χ2n) is 5.20. The Bertz CT molecular complexity index is 636. The minimum Gasteiger partial charge on any atom is -0.497 e. The summed E-state index contributed by atoms with van der Waals surface area (Å²) >= 11 is 0. The van der Waals surface area contributed by atoms with E-state index in [0.29, 0.717) is 0 Å². The highest BCUT2D eigenvalue weighted by Gasteiger charge is 2.29. The zero-order chi connectivity index (χ0) is 14.3. The minimum atomic E-state index is -0.0571. The number of methoxy groups -OCH3 is 1. The predicted molar refractivity (Wildman–Crippen MR) is 75.9 cm³/mol. The molecule has 0 saturated carbocycles. The summed E-state index contributed by atoms with van der Waals surface area (Å²) in [5, 5.41) is 4.37. The lowest BCUT2D eigenvalue weighted by molar-refractivity contribution is 0.160. The summed E-state index contributed by atoms with van der Waals surface area (Å²) in [6.07, 6.45) is 2.70. The van der Waals surface area contributed by atoms with Gasteiger partial charge in [0.05, 0.1) is 12.8 Å². The number of benzene rings is 1. The molecule has 0 saturated heterocycles. The number of ether oxygens (including phenoxy) is 2. The second kappa shape index (κ2) is 4.83. The van der Waals surface area contributed by atoms with Crippen LogP contribution < -0.4 is 15.2 Å². The predicted octanol–water partition coefficient (Wildman–Crippen LogP) is 2.26. The summed E-state index contributed by atoms with van der Waals surface area (Å²) in [6.45, 7) is 1.99. The Morgan fingerprint density at radius 1 is 1.40 bits per heavy atom. The Morgan fingerprint density at radius 2 is 2.20 bits per heavy atom. The first-order valence-corrected chi connectivity index (χ1v) is 6.69. The van der Waals surface area contributed by atoms with Crippen LogP contribution in [-0.4, -0.2) is 16.9 Å². The normalized spacial score (nSPS) is 21.2. The molecule has 1 aliphatic heterocycles. The molecule has 2 heterocycles. The van der Waals surface area contributed by atoms with E-state index >= 15 is 0 Å². The van der Waals surface area contributed by atoms with Gasteiger partial charge in [-0.15, -0.1) is 0 Å². The van der Waals surface area contributed by atoms with Crippen molar-refractivity contribution in [1.29, 1.82) is 0 Å². The standard InChI is InChI=1S/C15H19N3O2/c1-9-12(8-18(2)17-9)15-7-13(16)11-5-4-10(19-3)6-14(11)20-15/h4-6,8,13,15H,7,16H2,1-3H3/t13-,15?/m1/s1. The van der Waals surface area contributed by atoms with E-state index in [-0.39, 0.29) is 12.1 Å². The lowest BCUT2D eigenvalue weighted by Gasteiger charge is -2.30. The van der Waals surface area contributed by atoms with Crippen LogP contribution in [0.3, 0.4) is 0 Å². The topological polar surface area (TPSA) is 62.3 Å². The van der Waals surface area contributed by atoms with E-state index in [1.54, 1.807) is 11.8 Å². The van der Waals surface area contributed by atoms with Crippen LogP contribution in [0.25, 0.3) is 0 Å². The number of aryl methyl sites for hydroxylation is 2. The summed E-state index contributed by atoms with van der Waals surface area (Å²) in [5.41, 5.74) is 9.38. The van der Waals surface area contributed by atoms with Gasteiger partial charge in [0.15, 0.2) is 0 Å². The maximum atomic E-state index is 6.27. The molecule has 0 fully saturated rings. The number of hydrogen-bond acceptors (Lipinski definition) is 4. The maximum absolute atomic E-state index is 6.27. The molecule has 5 nitrogen and oxygen atoms in total. The number of nitrogens with zero attached hydrogens (tertiary/aromatic N) is 2. The minimum absolute atomic E-state index is 0.0331. The molecule has 1 unspecified atom stereocenters. The molecule has 2 aromatic rings. The van der Waals surface area contributed by atoms with E-state index in [4.69, 9.17) is 15.2 Å². The molecule has 5 heteroatoms. The van der Waals surface area contributed by atoms with Crippen LogP contribution in [0, 0.1) is 6.92 Å². The number of rotatable bonds is 2. The van der Waals surface area contributed by atoms with Gasteiger partial charge in [0, 0.05) is 42.9 Å². The summed E-state index contributed by atoms with van der Waals surface area (Å²) in [4.78, 5) is 0. The van der Waals surface area contributed by atoms with Crippen LogP contribution in [-0.2, 0) is 7.05 Å². The second-order valence-corrected chi connectivity index (χ2v) is 5.20. The summed E-state index contributed by atoms with van der Waals surface area (Å²) < 4.78 is 13.2. The van der Waals surface area contributed by atoms with Gasteiger partial charge in [-0.2, -0.15) is 5.10 Å². The van der Waals surface area contributed by atoms with Crippen molar-refractivity contribution in [3.63, 3.8) is 0 Å². The van der Waals surface area contributed by atoms with Crippen LogP contribution in [0.5, 0.6) is 11.5 Å². The van der Waals surface area contributed by atoms with Gasteiger partial charge < -0.3 is 15.2 Å². The van der Waals surface area contributed by atoms with Gasteiger partial charge in [0.1, 0.15) is 17.6 Å². The van der Waals surface area contributed by atoms with Gasteiger partial charge in [-0.1, -0.05) is 6.07 Å². The van der Waals surface area contributed by atoms with Crippen molar-refractivity contribution < 1.29 is 9.47 Å². The molecule has 0 radical (unpaired) electrons. The van der Waals surface area contributed by atoms with Gasteiger partial charge in [0.2, 0.25) is 0 Å². The lowest BCUT2D eigenvalue weighted by atomic mass is 9.94. The molecule has 20 heavy (non-hydrogen) atoms. The van der Waals surface area contributed by atoms with Crippen molar-refractivity contribution in [3.8, 4) is 11.5 Å². The third kappa shape index (κ3) is 2.14. The number of hydrogen-bond donors (Lipinski definition) is 1. The lowest BCUT2D eigenvalue weighted by Crippen LogP contribution is -2.24. The van der Waals surface area contributed by atoms with Crippen molar-refractivity contribution in [2.45, 2.75) is 25.5 Å². The molecule has 2 N–H and O–H groups in total. The highest BCUT2D eigenvalue weighted by atomic mass is 16.5. The van der Waals surface area contributed by atoms with E-state index in [0.717, 1.165) is 34.7 Å². The van der Waals surface area contributed by atoms with Gasteiger partial charge in [0.25, 0.3) is 0 Å². The molecule has 0 amide bonds. The molecule has 1 aliphatic rings. The molecule has 0 spiro atoms. The molecule has 3 rings (SSSR count). The number of nitrogens with two attached hydrogens (primary N) is 1. The van der Waals surface area contributed by atoms with Gasteiger partial charge in [-0.25, -0.2) is 0 Å². The largest absolute Gasteiger partial charge is 0.497 e. The van der Waals surface area contributed by atoms with Crippen LogP contribution in [0.2, 0.25) is 0 Å². The molecule has 0 bridgehead atoms. The Labute approximate surface area is 118 Å². The van der Waals surface area contributed by atoms with Crippen LogP contribution >= 0.6 is 0 Å². The highest BCUT2D eigenvalue weighted by molar-refractivity contribution is 5.44. The summed E-state index contributed by atoms with van der Waals surface area (Å²) in [5.74, 6) is 1.58. The van der Waals surface area contributed by atoms with Crippen LogP contribution in [0.15, 0.2) is 24.4 Å². The molecule has 106 valence electrons. The molecule has 1 aromatic carbocycles. The van der Waals surface area contributed by atoms with Crippen LogP contribution in [0.4, 0.5) is 0 Å². The van der Waals surface area contributed by atoms with Crippen molar-refractivity contribution in [2.24, 2.45) is 12.8 Å². The Hall–Kier alpha value is -2.01.